The molecule has 14 heteroatoms. The summed E-state index contributed by atoms with van der Waals surface area (Å²) >= 11 is 0. The van der Waals surface area contributed by atoms with Crippen LogP contribution in [0, 0.1) is 0 Å². The summed E-state index contributed by atoms with van der Waals surface area (Å²) in [4.78, 5) is 0. The number of hydrogen-bond donors (Lipinski definition) is 0. The number of halogens is 12. The summed E-state index contributed by atoms with van der Waals surface area (Å²) in [5.74, 6) is 0. The lowest BCUT2D eigenvalue weighted by Crippen LogP contribution is -2.17. The minimum absolute atomic E-state index is 0.122. The van der Waals surface area contributed by atoms with Gasteiger partial charge in [-0.1, -0.05) is 0 Å². The maximum Gasteiger partial charge on any atom is 0.416 e. The summed E-state index contributed by atoms with van der Waals surface area (Å²) < 4.78 is 169. The Morgan fingerprint density at radius 3 is 1.11 bits per heavy atom. The van der Waals surface area contributed by atoms with E-state index < -0.39 is 76.7 Å². The SMILES string of the molecule is CCOC(CC(OC)c1cc(C(F)(F)F)cc(C(F)(F)F)c1)c1cc(C(F)(F)F)cc(C(F)(F)F)c1. The predicted octanol–water partition coefficient (Wildman–Crippen LogP) is 8.62. The van der Waals surface area contributed by atoms with E-state index in [0.29, 0.717) is 24.3 Å². The second-order valence-electron chi connectivity index (χ2n) is 7.58. The topological polar surface area (TPSA) is 18.5 Å². The summed E-state index contributed by atoms with van der Waals surface area (Å²) in [5.41, 5.74) is -7.94. The average molecular weight is 542 g/mol. The molecule has 0 heterocycles. The Balaban J connectivity index is 2.62. The number of ether oxygens (including phenoxy) is 2. The van der Waals surface area contributed by atoms with Crippen LogP contribution in [0.4, 0.5) is 52.7 Å². The zero-order valence-corrected chi connectivity index (χ0v) is 18.4. The smallest absolute Gasteiger partial charge is 0.377 e. The van der Waals surface area contributed by atoms with E-state index in [1.54, 1.807) is 0 Å². The molecule has 202 valence electrons. The average Bonchev–Trinajstić information content (AvgIpc) is 2.73. The summed E-state index contributed by atoms with van der Waals surface area (Å²) in [6.45, 7) is 1.09. The zero-order valence-electron chi connectivity index (χ0n) is 18.4. The molecule has 2 rings (SSSR count). The Hall–Kier alpha value is -2.48. The first-order chi connectivity index (χ1) is 16.3. The van der Waals surface area contributed by atoms with Gasteiger partial charge < -0.3 is 9.47 Å². The van der Waals surface area contributed by atoms with Gasteiger partial charge in [-0.25, -0.2) is 0 Å². The van der Waals surface area contributed by atoms with Gasteiger partial charge in [-0.3, -0.25) is 0 Å². The van der Waals surface area contributed by atoms with Crippen molar-refractivity contribution < 1.29 is 62.2 Å². The zero-order chi connectivity index (χ0) is 27.7. The lowest BCUT2D eigenvalue weighted by molar-refractivity contribution is -0.144. The normalized spacial score (nSPS) is 15.2. The van der Waals surface area contributed by atoms with E-state index in [1.165, 1.54) is 6.92 Å². The van der Waals surface area contributed by atoms with E-state index in [1.807, 2.05) is 0 Å². The van der Waals surface area contributed by atoms with Gasteiger partial charge in [-0.15, -0.1) is 0 Å². The quantitative estimate of drug-likeness (QED) is 0.326. The molecule has 0 amide bonds. The number of methoxy groups -OCH3 is 1. The molecule has 2 atom stereocenters. The van der Waals surface area contributed by atoms with Crippen LogP contribution in [0.15, 0.2) is 36.4 Å². The van der Waals surface area contributed by atoms with Crippen molar-refractivity contribution in [1.29, 1.82) is 0 Å². The molecule has 0 aromatic heterocycles. The van der Waals surface area contributed by atoms with Crippen molar-refractivity contribution in [2.45, 2.75) is 50.3 Å². The first-order valence-electron chi connectivity index (χ1n) is 10.0. The molecule has 2 unspecified atom stereocenters. The van der Waals surface area contributed by atoms with Crippen molar-refractivity contribution in [3.05, 3.63) is 69.8 Å². The highest BCUT2D eigenvalue weighted by atomic mass is 19.4. The maximum atomic E-state index is 13.2. The van der Waals surface area contributed by atoms with Gasteiger partial charge in [0.15, 0.2) is 0 Å². The Morgan fingerprint density at radius 2 is 0.861 bits per heavy atom. The van der Waals surface area contributed by atoms with Crippen LogP contribution in [0.25, 0.3) is 0 Å². The highest BCUT2D eigenvalue weighted by molar-refractivity contribution is 5.37. The van der Waals surface area contributed by atoms with Gasteiger partial charge in [0.25, 0.3) is 0 Å². The van der Waals surface area contributed by atoms with Crippen LogP contribution in [-0.2, 0) is 34.2 Å². The molecule has 0 radical (unpaired) electrons. The van der Waals surface area contributed by atoms with Gasteiger partial charge in [0, 0.05) is 20.1 Å². The molecule has 0 fully saturated rings. The fourth-order valence-corrected chi connectivity index (χ4v) is 3.39. The number of hydrogen-bond acceptors (Lipinski definition) is 2. The highest BCUT2D eigenvalue weighted by Gasteiger charge is 2.40. The molecule has 0 bridgehead atoms. The van der Waals surface area contributed by atoms with Crippen molar-refractivity contribution in [2.75, 3.05) is 13.7 Å². The summed E-state index contributed by atoms with van der Waals surface area (Å²) in [6, 6.07) is 1.21. The van der Waals surface area contributed by atoms with Crippen molar-refractivity contribution in [3.8, 4) is 0 Å². The molecule has 2 aromatic rings. The Bertz CT molecular complexity index is 971. The highest BCUT2D eigenvalue weighted by Crippen LogP contribution is 2.42. The van der Waals surface area contributed by atoms with Crippen LogP contribution in [0.2, 0.25) is 0 Å². The third kappa shape index (κ3) is 7.51. The van der Waals surface area contributed by atoms with Crippen LogP contribution in [0.5, 0.6) is 0 Å². The molecule has 0 spiro atoms. The molecule has 0 aliphatic rings. The first-order valence-corrected chi connectivity index (χ1v) is 10.0. The van der Waals surface area contributed by atoms with Gasteiger partial charge in [0.1, 0.15) is 0 Å². The standard InChI is InChI=1S/C22H18F12O2/c1-3-36-18(12-6-15(21(29,30)31)9-16(7-12)22(32,33)34)10-17(35-2)11-4-13(19(23,24)25)8-14(5-11)20(26,27)28/h4-9,17-18H,3,10H2,1-2H3. The van der Waals surface area contributed by atoms with Crippen molar-refractivity contribution in [1.82, 2.24) is 0 Å². The second kappa shape index (κ2) is 10.5. The molecular formula is C22H18F12O2. The number of alkyl halides is 12. The monoisotopic (exact) mass is 542 g/mol. The minimum atomic E-state index is -5.18. The molecule has 0 aliphatic heterocycles. The van der Waals surface area contributed by atoms with E-state index in [-0.39, 0.29) is 18.7 Å². The van der Waals surface area contributed by atoms with Crippen LogP contribution >= 0.6 is 0 Å². The molecule has 36 heavy (non-hydrogen) atoms. The molecule has 0 saturated heterocycles. The molecule has 2 nitrogen and oxygen atoms in total. The predicted molar refractivity (Wildman–Crippen MR) is 102 cm³/mol. The van der Waals surface area contributed by atoms with Gasteiger partial charge in [0.05, 0.1) is 34.5 Å². The first kappa shape index (κ1) is 29.7. The van der Waals surface area contributed by atoms with Gasteiger partial charge in [-0.05, 0) is 54.4 Å². The third-order valence-electron chi connectivity index (χ3n) is 5.04. The van der Waals surface area contributed by atoms with E-state index in [4.69, 9.17) is 9.47 Å². The fourth-order valence-electron chi connectivity index (χ4n) is 3.39. The van der Waals surface area contributed by atoms with Crippen molar-refractivity contribution in [2.24, 2.45) is 0 Å². The lowest BCUT2D eigenvalue weighted by atomic mass is 9.93. The summed E-state index contributed by atoms with van der Waals surface area (Å²) in [7, 11) is 0.911. The third-order valence-corrected chi connectivity index (χ3v) is 5.04. The van der Waals surface area contributed by atoms with Gasteiger partial charge in [-0.2, -0.15) is 52.7 Å². The van der Waals surface area contributed by atoms with Crippen molar-refractivity contribution >= 4 is 0 Å². The molecule has 0 aliphatic carbocycles. The van der Waals surface area contributed by atoms with Crippen LogP contribution in [0.3, 0.4) is 0 Å². The van der Waals surface area contributed by atoms with Gasteiger partial charge >= 0.3 is 24.7 Å². The molecule has 0 saturated carbocycles. The fraction of sp³-hybridized carbons (Fsp3) is 0.455. The Labute approximate surface area is 196 Å². The number of benzene rings is 2. The van der Waals surface area contributed by atoms with E-state index in [0.717, 1.165) is 7.11 Å². The lowest BCUT2D eigenvalue weighted by Gasteiger charge is -2.26. The molecule has 2 aromatic carbocycles. The van der Waals surface area contributed by atoms with E-state index in [2.05, 4.69) is 0 Å². The van der Waals surface area contributed by atoms with E-state index in [9.17, 15) is 52.7 Å². The Kier molecular flexibility index (Phi) is 8.66. The number of rotatable bonds is 7. The molecular weight excluding hydrogens is 524 g/mol. The van der Waals surface area contributed by atoms with Crippen molar-refractivity contribution in [3.63, 3.8) is 0 Å². The van der Waals surface area contributed by atoms with Gasteiger partial charge in [0.2, 0.25) is 0 Å². The largest absolute Gasteiger partial charge is 0.416 e. The van der Waals surface area contributed by atoms with Crippen LogP contribution in [-0.4, -0.2) is 13.7 Å². The van der Waals surface area contributed by atoms with Crippen LogP contribution in [0.1, 0.15) is 58.9 Å². The maximum absolute atomic E-state index is 13.2. The minimum Gasteiger partial charge on any atom is -0.377 e. The summed E-state index contributed by atoms with van der Waals surface area (Å²) in [5, 5.41) is 0. The Morgan fingerprint density at radius 1 is 0.556 bits per heavy atom. The summed E-state index contributed by atoms with van der Waals surface area (Å²) in [6.07, 6.45) is -24.7. The molecule has 0 N–H and O–H groups in total. The van der Waals surface area contributed by atoms with Crippen LogP contribution < -0.4 is 0 Å². The van der Waals surface area contributed by atoms with E-state index >= 15 is 0 Å². The second-order valence-corrected chi connectivity index (χ2v) is 7.58.